The monoisotopic (exact) mass is 333 g/mol. The van der Waals surface area contributed by atoms with Gasteiger partial charge in [0.2, 0.25) is 0 Å². The number of carbonyl (C=O) groups is 1. The van der Waals surface area contributed by atoms with Crippen molar-refractivity contribution in [1.29, 1.82) is 0 Å². The number of aliphatic hydroxyl groups is 1. The van der Waals surface area contributed by atoms with Gasteiger partial charge in [0.05, 0.1) is 23.0 Å². The molecule has 0 aliphatic heterocycles. The number of hydrogen-bond acceptors (Lipinski definition) is 3. The van der Waals surface area contributed by atoms with E-state index in [1.54, 1.807) is 41.2 Å². The quantitative estimate of drug-likeness (QED) is 0.936. The van der Waals surface area contributed by atoms with E-state index in [2.05, 4.69) is 5.10 Å². The summed E-state index contributed by atoms with van der Waals surface area (Å²) in [5, 5.41) is 15.3. The highest BCUT2D eigenvalue weighted by Gasteiger charge is 2.33. The number of rotatable bonds is 4. The molecule has 1 N–H and O–H groups in total. The SMILES string of the molecule is CN(CC1(O)CCCC1)C(=O)c1cnn(-c2ccc(Cl)cc2)c1. The Morgan fingerprint density at radius 1 is 1.35 bits per heavy atom. The van der Waals surface area contributed by atoms with Gasteiger partial charge < -0.3 is 10.0 Å². The minimum Gasteiger partial charge on any atom is -0.388 e. The van der Waals surface area contributed by atoms with E-state index in [0.29, 0.717) is 17.1 Å². The van der Waals surface area contributed by atoms with Gasteiger partial charge in [-0.3, -0.25) is 4.79 Å². The fraction of sp³-hybridized carbons (Fsp3) is 0.412. The van der Waals surface area contributed by atoms with Crippen LogP contribution in [0.2, 0.25) is 5.02 Å². The average Bonchev–Trinajstić information content (AvgIpc) is 3.16. The molecule has 122 valence electrons. The van der Waals surface area contributed by atoms with Gasteiger partial charge in [0.25, 0.3) is 5.91 Å². The predicted octanol–water partition coefficient (Wildman–Crippen LogP) is 2.90. The number of halogens is 1. The second-order valence-electron chi connectivity index (χ2n) is 6.24. The van der Waals surface area contributed by atoms with Gasteiger partial charge in [0, 0.05) is 24.8 Å². The molecule has 0 bridgehead atoms. The van der Waals surface area contributed by atoms with Gasteiger partial charge in [-0.15, -0.1) is 0 Å². The van der Waals surface area contributed by atoms with Crippen LogP contribution in [0.15, 0.2) is 36.7 Å². The molecule has 1 aliphatic rings. The number of likely N-dealkylation sites (N-methyl/N-ethyl adjacent to an activating group) is 1. The molecule has 1 heterocycles. The smallest absolute Gasteiger partial charge is 0.256 e. The normalized spacial score (nSPS) is 16.5. The first kappa shape index (κ1) is 16.0. The number of carbonyl (C=O) groups excluding carboxylic acids is 1. The van der Waals surface area contributed by atoms with Crippen molar-refractivity contribution in [3.05, 3.63) is 47.2 Å². The van der Waals surface area contributed by atoms with Gasteiger partial charge in [0.15, 0.2) is 0 Å². The summed E-state index contributed by atoms with van der Waals surface area (Å²) in [5.41, 5.74) is 0.603. The molecule has 1 aromatic carbocycles. The lowest BCUT2D eigenvalue weighted by Crippen LogP contribution is -2.41. The van der Waals surface area contributed by atoms with Crippen molar-refractivity contribution in [3.63, 3.8) is 0 Å². The lowest BCUT2D eigenvalue weighted by molar-refractivity contribution is 0.0157. The summed E-state index contributed by atoms with van der Waals surface area (Å²) in [6, 6.07) is 7.24. The van der Waals surface area contributed by atoms with Crippen molar-refractivity contribution in [2.24, 2.45) is 0 Å². The summed E-state index contributed by atoms with van der Waals surface area (Å²) in [7, 11) is 1.72. The molecule has 2 aromatic rings. The molecule has 6 heteroatoms. The molecule has 0 saturated heterocycles. The Labute approximate surface area is 140 Å². The maximum absolute atomic E-state index is 12.5. The number of hydrogen-bond donors (Lipinski definition) is 1. The maximum atomic E-state index is 12.5. The average molecular weight is 334 g/mol. The zero-order valence-electron chi connectivity index (χ0n) is 13.1. The van der Waals surface area contributed by atoms with Crippen LogP contribution in [0, 0.1) is 0 Å². The summed E-state index contributed by atoms with van der Waals surface area (Å²) in [6.45, 7) is 0.359. The third kappa shape index (κ3) is 3.57. The molecule has 0 spiro atoms. The standard InChI is InChI=1S/C17H20ClN3O2/c1-20(12-17(23)8-2-3-9-17)16(22)13-10-19-21(11-13)15-6-4-14(18)5-7-15/h4-7,10-11,23H,2-3,8-9,12H2,1H3. The lowest BCUT2D eigenvalue weighted by Gasteiger charge is -2.28. The van der Waals surface area contributed by atoms with E-state index in [4.69, 9.17) is 11.6 Å². The van der Waals surface area contributed by atoms with Gasteiger partial charge in [-0.05, 0) is 37.1 Å². The van der Waals surface area contributed by atoms with E-state index < -0.39 is 5.60 Å². The Morgan fingerprint density at radius 2 is 2.00 bits per heavy atom. The molecular formula is C17H20ClN3O2. The summed E-state index contributed by atoms with van der Waals surface area (Å²) >= 11 is 5.88. The third-order valence-corrected chi connectivity index (χ3v) is 4.59. The van der Waals surface area contributed by atoms with Crippen molar-refractivity contribution in [2.45, 2.75) is 31.3 Å². The van der Waals surface area contributed by atoms with E-state index in [9.17, 15) is 9.90 Å². The molecule has 0 radical (unpaired) electrons. The zero-order chi connectivity index (χ0) is 16.4. The zero-order valence-corrected chi connectivity index (χ0v) is 13.8. The Balaban J connectivity index is 1.71. The molecule has 1 fully saturated rings. The van der Waals surface area contributed by atoms with Crippen LogP contribution in [0.1, 0.15) is 36.0 Å². The first-order valence-electron chi connectivity index (χ1n) is 7.75. The highest BCUT2D eigenvalue weighted by atomic mass is 35.5. The first-order valence-corrected chi connectivity index (χ1v) is 8.13. The van der Waals surface area contributed by atoms with Crippen LogP contribution in [0.3, 0.4) is 0 Å². The largest absolute Gasteiger partial charge is 0.388 e. The Kier molecular flexibility index (Phi) is 4.41. The Morgan fingerprint density at radius 3 is 2.65 bits per heavy atom. The van der Waals surface area contributed by atoms with Crippen LogP contribution in [0.25, 0.3) is 5.69 Å². The molecule has 0 unspecified atom stereocenters. The van der Waals surface area contributed by atoms with E-state index in [1.807, 2.05) is 12.1 Å². The van der Waals surface area contributed by atoms with Crippen molar-refractivity contribution in [2.75, 3.05) is 13.6 Å². The van der Waals surface area contributed by atoms with Crippen LogP contribution in [-0.4, -0.2) is 44.9 Å². The van der Waals surface area contributed by atoms with E-state index in [0.717, 1.165) is 31.4 Å². The fourth-order valence-electron chi connectivity index (χ4n) is 3.09. The molecule has 0 atom stereocenters. The van der Waals surface area contributed by atoms with Gasteiger partial charge in [-0.1, -0.05) is 24.4 Å². The summed E-state index contributed by atoms with van der Waals surface area (Å²) in [4.78, 5) is 14.1. The van der Waals surface area contributed by atoms with Crippen molar-refractivity contribution in [3.8, 4) is 5.69 Å². The van der Waals surface area contributed by atoms with E-state index >= 15 is 0 Å². The van der Waals surface area contributed by atoms with Gasteiger partial charge in [-0.2, -0.15) is 5.10 Å². The van der Waals surface area contributed by atoms with Crippen molar-refractivity contribution < 1.29 is 9.90 Å². The summed E-state index contributed by atoms with van der Waals surface area (Å²) < 4.78 is 1.64. The van der Waals surface area contributed by atoms with E-state index in [1.165, 1.54) is 0 Å². The van der Waals surface area contributed by atoms with Crippen LogP contribution >= 0.6 is 11.6 Å². The molecule has 23 heavy (non-hydrogen) atoms. The highest BCUT2D eigenvalue weighted by Crippen LogP contribution is 2.30. The van der Waals surface area contributed by atoms with Gasteiger partial charge in [0.1, 0.15) is 0 Å². The Hall–Kier alpha value is -1.85. The van der Waals surface area contributed by atoms with Crippen LogP contribution in [-0.2, 0) is 0 Å². The Bertz CT molecular complexity index is 690. The molecule has 3 rings (SSSR count). The van der Waals surface area contributed by atoms with Gasteiger partial charge >= 0.3 is 0 Å². The predicted molar refractivity (Wildman–Crippen MR) is 89.0 cm³/mol. The molecule has 1 amide bonds. The summed E-state index contributed by atoms with van der Waals surface area (Å²) in [5.74, 6) is -0.134. The second kappa shape index (κ2) is 6.34. The second-order valence-corrected chi connectivity index (χ2v) is 6.68. The summed E-state index contributed by atoms with van der Waals surface area (Å²) in [6.07, 6.45) is 6.80. The van der Waals surface area contributed by atoms with Crippen molar-refractivity contribution >= 4 is 17.5 Å². The molecule has 1 aliphatic carbocycles. The van der Waals surface area contributed by atoms with Crippen LogP contribution in [0.5, 0.6) is 0 Å². The number of aromatic nitrogens is 2. The number of nitrogens with zero attached hydrogens (tertiary/aromatic N) is 3. The fourth-order valence-corrected chi connectivity index (χ4v) is 3.22. The van der Waals surface area contributed by atoms with Crippen molar-refractivity contribution in [1.82, 2.24) is 14.7 Å². The maximum Gasteiger partial charge on any atom is 0.256 e. The minimum absolute atomic E-state index is 0.134. The molecule has 1 aromatic heterocycles. The lowest BCUT2D eigenvalue weighted by atomic mass is 10.0. The third-order valence-electron chi connectivity index (χ3n) is 4.33. The number of amides is 1. The topological polar surface area (TPSA) is 58.4 Å². The molecular weight excluding hydrogens is 314 g/mol. The van der Waals surface area contributed by atoms with Crippen LogP contribution in [0.4, 0.5) is 0 Å². The highest BCUT2D eigenvalue weighted by molar-refractivity contribution is 6.30. The number of benzene rings is 1. The first-order chi connectivity index (χ1) is 11.0. The van der Waals surface area contributed by atoms with Crippen LogP contribution < -0.4 is 0 Å². The van der Waals surface area contributed by atoms with E-state index in [-0.39, 0.29) is 5.91 Å². The van der Waals surface area contributed by atoms with Gasteiger partial charge in [-0.25, -0.2) is 4.68 Å². The molecule has 5 nitrogen and oxygen atoms in total. The minimum atomic E-state index is -0.740. The molecule has 1 saturated carbocycles.